The maximum absolute atomic E-state index is 9.10. The van der Waals surface area contributed by atoms with Crippen LogP contribution in [0.5, 0.6) is 0 Å². The SMILES string of the molecule is C[C@H]1CN(C2CCCCC2)CCN1.O=C(O)C(=O)O. The number of hydrogen-bond acceptors (Lipinski definition) is 4. The molecule has 2 rings (SSSR count). The van der Waals surface area contributed by atoms with Gasteiger partial charge in [0.2, 0.25) is 0 Å². The quantitative estimate of drug-likeness (QED) is 0.611. The second-order valence-corrected chi connectivity index (χ2v) is 5.25. The van der Waals surface area contributed by atoms with E-state index in [1.807, 2.05) is 0 Å². The van der Waals surface area contributed by atoms with Gasteiger partial charge in [-0.15, -0.1) is 0 Å². The number of aliphatic carboxylic acids is 2. The van der Waals surface area contributed by atoms with Gasteiger partial charge in [-0.25, -0.2) is 9.59 Å². The highest BCUT2D eigenvalue weighted by atomic mass is 16.4. The van der Waals surface area contributed by atoms with Gasteiger partial charge >= 0.3 is 11.9 Å². The van der Waals surface area contributed by atoms with Crippen molar-refractivity contribution in [3.05, 3.63) is 0 Å². The fraction of sp³-hybridized carbons (Fsp3) is 0.846. The Kier molecular flexibility index (Phi) is 6.80. The third-order valence-corrected chi connectivity index (χ3v) is 3.67. The van der Waals surface area contributed by atoms with Gasteiger partial charge in [0.25, 0.3) is 0 Å². The largest absolute Gasteiger partial charge is 0.473 e. The maximum Gasteiger partial charge on any atom is 0.414 e. The molecule has 6 nitrogen and oxygen atoms in total. The molecule has 0 unspecified atom stereocenters. The minimum atomic E-state index is -1.82. The van der Waals surface area contributed by atoms with Crippen molar-refractivity contribution in [3.63, 3.8) is 0 Å². The van der Waals surface area contributed by atoms with E-state index in [-0.39, 0.29) is 0 Å². The van der Waals surface area contributed by atoms with Crippen LogP contribution in [0.15, 0.2) is 0 Å². The van der Waals surface area contributed by atoms with Gasteiger partial charge in [-0.1, -0.05) is 19.3 Å². The lowest BCUT2D eigenvalue weighted by atomic mass is 9.93. The summed E-state index contributed by atoms with van der Waals surface area (Å²) in [6.45, 7) is 6.03. The summed E-state index contributed by atoms with van der Waals surface area (Å²) in [6, 6.07) is 1.62. The topological polar surface area (TPSA) is 89.9 Å². The molecule has 0 radical (unpaired) electrons. The summed E-state index contributed by atoms with van der Waals surface area (Å²) in [5, 5.41) is 18.3. The summed E-state index contributed by atoms with van der Waals surface area (Å²) in [5.41, 5.74) is 0. The van der Waals surface area contributed by atoms with Crippen LogP contribution >= 0.6 is 0 Å². The first kappa shape index (κ1) is 15.9. The molecule has 1 aliphatic heterocycles. The zero-order valence-corrected chi connectivity index (χ0v) is 11.5. The van der Waals surface area contributed by atoms with Crippen LogP contribution < -0.4 is 5.32 Å². The lowest BCUT2D eigenvalue weighted by molar-refractivity contribution is -0.159. The highest BCUT2D eigenvalue weighted by molar-refractivity contribution is 6.27. The van der Waals surface area contributed by atoms with Gasteiger partial charge in [0.1, 0.15) is 0 Å². The molecule has 1 atom stereocenters. The molecule has 19 heavy (non-hydrogen) atoms. The van der Waals surface area contributed by atoms with E-state index in [4.69, 9.17) is 19.8 Å². The van der Waals surface area contributed by atoms with Gasteiger partial charge in [-0.05, 0) is 19.8 Å². The lowest BCUT2D eigenvalue weighted by Crippen LogP contribution is -2.53. The minimum Gasteiger partial charge on any atom is -0.473 e. The number of carboxylic acid groups (broad SMARTS) is 2. The van der Waals surface area contributed by atoms with Crippen molar-refractivity contribution in [2.24, 2.45) is 0 Å². The molecular formula is C13H24N2O4. The Morgan fingerprint density at radius 2 is 1.68 bits per heavy atom. The van der Waals surface area contributed by atoms with E-state index >= 15 is 0 Å². The first-order valence-electron chi connectivity index (χ1n) is 6.94. The number of rotatable bonds is 1. The first-order chi connectivity index (χ1) is 9.00. The molecule has 2 fully saturated rings. The van der Waals surface area contributed by atoms with E-state index in [9.17, 15) is 0 Å². The van der Waals surface area contributed by atoms with Gasteiger partial charge in [0.15, 0.2) is 0 Å². The van der Waals surface area contributed by atoms with Gasteiger partial charge in [-0.3, -0.25) is 4.90 Å². The van der Waals surface area contributed by atoms with Crippen molar-refractivity contribution >= 4 is 11.9 Å². The molecule has 0 aromatic rings. The number of piperazine rings is 1. The smallest absolute Gasteiger partial charge is 0.414 e. The lowest BCUT2D eigenvalue weighted by Gasteiger charge is -2.39. The van der Waals surface area contributed by atoms with Crippen LogP contribution in [0.25, 0.3) is 0 Å². The van der Waals surface area contributed by atoms with Crippen LogP contribution in [0.1, 0.15) is 39.0 Å². The zero-order valence-electron chi connectivity index (χ0n) is 11.5. The van der Waals surface area contributed by atoms with Crippen molar-refractivity contribution in [3.8, 4) is 0 Å². The minimum absolute atomic E-state index is 0.704. The molecule has 0 bridgehead atoms. The Bertz CT molecular complexity index is 291. The number of carbonyl (C=O) groups is 2. The van der Waals surface area contributed by atoms with E-state index in [2.05, 4.69) is 17.1 Å². The number of hydrogen-bond donors (Lipinski definition) is 3. The van der Waals surface area contributed by atoms with Gasteiger partial charge in [-0.2, -0.15) is 0 Å². The summed E-state index contributed by atoms with van der Waals surface area (Å²) in [6.07, 6.45) is 7.30. The predicted molar refractivity (Wildman–Crippen MR) is 71.2 cm³/mol. The normalized spacial score (nSPS) is 25.2. The Morgan fingerprint density at radius 1 is 1.11 bits per heavy atom. The Morgan fingerprint density at radius 3 is 2.16 bits per heavy atom. The van der Waals surface area contributed by atoms with E-state index < -0.39 is 11.9 Å². The molecule has 1 saturated carbocycles. The van der Waals surface area contributed by atoms with Crippen molar-refractivity contribution < 1.29 is 19.8 Å². The third-order valence-electron chi connectivity index (χ3n) is 3.67. The van der Waals surface area contributed by atoms with Crippen molar-refractivity contribution in [2.45, 2.75) is 51.1 Å². The number of carboxylic acids is 2. The summed E-state index contributed by atoms with van der Waals surface area (Å²) in [4.78, 5) is 20.9. The average Bonchev–Trinajstić information content (AvgIpc) is 2.40. The number of nitrogens with zero attached hydrogens (tertiary/aromatic N) is 1. The molecule has 1 heterocycles. The summed E-state index contributed by atoms with van der Waals surface area (Å²) in [5.74, 6) is -3.65. The second kappa shape index (κ2) is 8.12. The van der Waals surface area contributed by atoms with Crippen LogP contribution in [0.3, 0.4) is 0 Å². The molecule has 6 heteroatoms. The van der Waals surface area contributed by atoms with Gasteiger partial charge in [0.05, 0.1) is 0 Å². The standard InChI is InChI=1S/C11H22N2.C2H2O4/c1-10-9-13(8-7-12-10)11-5-3-2-4-6-11;3-1(4)2(5)6/h10-12H,2-9H2,1H3;(H,3,4)(H,5,6)/t10-;/m0./s1. The highest BCUT2D eigenvalue weighted by Crippen LogP contribution is 2.23. The molecular weight excluding hydrogens is 248 g/mol. The van der Waals surface area contributed by atoms with Crippen LogP contribution in [-0.2, 0) is 9.59 Å². The molecule has 110 valence electrons. The number of nitrogens with one attached hydrogen (secondary N) is 1. The van der Waals surface area contributed by atoms with E-state index in [1.54, 1.807) is 0 Å². The average molecular weight is 272 g/mol. The maximum atomic E-state index is 9.10. The van der Waals surface area contributed by atoms with E-state index in [0.29, 0.717) is 6.04 Å². The van der Waals surface area contributed by atoms with Crippen molar-refractivity contribution in [1.82, 2.24) is 10.2 Å². The molecule has 0 aromatic carbocycles. The summed E-state index contributed by atoms with van der Waals surface area (Å²) < 4.78 is 0. The fourth-order valence-corrected chi connectivity index (χ4v) is 2.74. The second-order valence-electron chi connectivity index (χ2n) is 5.25. The Hall–Kier alpha value is -1.14. The summed E-state index contributed by atoms with van der Waals surface area (Å²) in [7, 11) is 0. The molecule has 3 N–H and O–H groups in total. The van der Waals surface area contributed by atoms with Crippen LogP contribution in [-0.4, -0.2) is 58.8 Å². The molecule has 0 aromatic heterocycles. The van der Waals surface area contributed by atoms with Crippen LogP contribution in [0.2, 0.25) is 0 Å². The van der Waals surface area contributed by atoms with Crippen LogP contribution in [0, 0.1) is 0 Å². The molecule has 0 amide bonds. The zero-order chi connectivity index (χ0) is 14.3. The first-order valence-corrected chi connectivity index (χ1v) is 6.94. The Labute approximate surface area is 113 Å². The highest BCUT2D eigenvalue weighted by Gasteiger charge is 2.24. The Balaban J connectivity index is 0.000000258. The fourth-order valence-electron chi connectivity index (χ4n) is 2.74. The molecule has 0 spiro atoms. The molecule has 1 saturated heterocycles. The predicted octanol–water partition coefficient (Wildman–Crippen LogP) is 0.768. The van der Waals surface area contributed by atoms with Crippen molar-refractivity contribution in [2.75, 3.05) is 19.6 Å². The van der Waals surface area contributed by atoms with Crippen LogP contribution in [0.4, 0.5) is 0 Å². The van der Waals surface area contributed by atoms with Crippen molar-refractivity contribution in [1.29, 1.82) is 0 Å². The van der Waals surface area contributed by atoms with Gasteiger partial charge in [0, 0.05) is 31.7 Å². The third kappa shape index (κ3) is 6.02. The molecule has 1 aliphatic carbocycles. The van der Waals surface area contributed by atoms with Gasteiger partial charge < -0.3 is 15.5 Å². The molecule has 2 aliphatic rings. The van der Waals surface area contributed by atoms with E-state index in [0.717, 1.165) is 6.04 Å². The van der Waals surface area contributed by atoms with E-state index in [1.165, 1.54) is 51.7 Å². The summed E-state index contributed by atoms with van der Waals surface area (Å²) >= 11 is 0. The monoisotopic (exact) mass is 272 g/mol.